The molecule has 21 heavy (non-hydrogen) atoms. The van der Waals surface area contributed by atoms with Gasteiger partial charge in [0.25, 0.3) is 0 Å². The zero-order chi connectivity index (χ0) is 15.6. The van der Waals surface area contributed by atoms with Crippen LogP contribution in [0.3, 0.4) is 0 Å². The van der Waals surface area contributed by atoms with E-state index in [4.69, 9.17) is 10.5 Å². The average molecular weight is 312 g/mol. The highest BCUT2D eigenvalue weighted by Gasteiger charge is 2.33. The summed E-state index contributed by atoms with van der Waals surface area (Å²) in [6.07, 6.45) is 0.493. The Morgan fingerprint density at radius 1 is 1.29 bits per heavy atom. The highest BCUT2D eigenvalue weighted by Crippen LogP contribution is 2.25. The van der Waals surface area contributed by atoms with E-state index in [0.717, 1.165) is 11.1 Å². The molecule has 1 heterocycles. The summed E-state index contributed by atoms with van der Waals surface area (Å²) in [4.78, 5) is 0.384. The minimum atomic E-state index is -3.51. The number of hydrogen-bond donors (Lipinski definition) is 1. The number of benzene rings is 1. The van der Waals surface area contributed by atoms with Crippen molar-refractivity contribution in [2.24, 2.45) is 5.73 Å². The number of nitrogens with zero attached hydrogens (tertiary/aromatic N) is 1. The molecule has 0 saturated carbocycles. The van der Waals surface area contributed by atoms with Gasteiger partial charge in [-0.25, -0.2) is 8.42 Å². The largest absolute Gasteiger partial charge is 0.373 e. The Labute approximate surface area is 127 Å². The number of ether oxygens (including phenoxy) is 1. The van der Waals surface area contributed by atoms with Gasteiger partial charge in [0, 0.05) is 19.6 Å². The van der Waals surface area contributed by atoms with Crippen LogP contribution < -0.4 is 5.73 Å². The molecule has 0 spiro atoms. The molecule has 1 aliphatic heterocycles. The van der Waals surface area contributed by atoms with Gasteiger partial charge in [0.05, 0.1) is 17.1 Å². The van der Waals surface area contributed by atoms with Crippen LogP contribution in [-0.4, -0.2) is 38.0 Å². The lowest BCUT2D eigenvalue weighted by Gasteiger charge is -2.34. The Balaban J connectivity index is 2.43. The minimum absolute atomic E-state index is 0.0914. The van der Waals surface area contributed by atoms with Crippen molar-refractivity contribution >= 4 is 10.0 Å². The van der Waals surface area contributed by atoms with Gasteiger partial charge >= 0.3 is 0 Å². The van der Waals surface area contributed by atoms with E-state index in [1.54, 1.807) is 6.07 Å². The van der Waals surface area contributed by atoms with Crippen LogP contribution in [0.1, 0.15) is 31.9 Å². The minimum Gasteiger partial charge on any atom is -0.373 e. The van der Waals surface area contributed by atoms with Gasteiger partial charge in [-0.3, -0.25) is 0 Å². The summed E-state index contributed by atoms with van der Waals surface area (Å²) in [6, 6.07) is 5.46. The fourth-order valence-electron chi connectivity index (χ4n) is 2.72. The molecule has 1 fully saturated rings. The maximum Gasteiger partial charge on any atom is 0.243 e. The Bertz CT molecular complexity index is 591. The van der Waals surface area contributed by atoms with Gasteiger partial charge in [-0.05, 0) is 37.5 Å². The number of nitrogens with two attached hydrogens (primary N) is 1. The van der Waals surface area contributed by atoms with Crippen LogP contribution in [0.4, 0.5) is 0 Å². The first-order valence-electron chi connectivity index (χ1n) is 7.36. The van der Waals surface area contributed by atoms with E-state index in [1.807, 2.05) is 32.9 Å². The summed E-state index contributed by atoms with van der Waals surface area (Å²) >= 11 is 0. The molecule has 2 N–H and O–H groups in total. The summed E-state index contributed by atoms with van der Waals surface area (Å²) in [5, 5.41) is 0. The lowest BCUT2D eigenvalue weighted by atomic mass is 10.1. The van der Waals surface area contributed by atoms with E-state index in [0.29, 0.717) is 31.0 Å². The fourth-order valence-corrected chi connectivity index (χ4v) is 4.66. The summed E-state index contributed by atoms with van der Waals surface area (Å²) in [5.41, 5.74) is 7.31. The van der Waals surface area contributed by atoms with E-state index in [1.165, 1.54) is 4.31 Å². The van der Waals surface area contributed by atoms with E-state index in [-0.39, 0.29) is 12.2 Å². The molecule has 0 amide bonds. The third-order valence-electron chi connectivity index (χ3n) is 3.75. The molecule has 1 aliphatic rings. The van der Waals surface area contributed by atoms with Crippen LogP contribution in [0.25, 0.3) is 0 Å². The molecule has 0 aliphatic carbocycles. The van der Waals surface area contributed by atoms with E-state index in [2.05, 4.69) is 0 Å². The molecular weight excluding hydrogens is 288 g/mol. The molecular formula is C15H24N2O3S. The Kier molecular flexibility index (Phi) is 5.03. The summed E-state index contributed by atoms with van der Waals surface area (Å²) in [6.45, 7) is 6.87. The standard InChI is InChI=1S/C15H24N2O3S/c1-4-14-6-5-13(8-16)7-15(14)21(18,19)17-9-11(2)20-12(3)10-17/h5-7,11-12H,4,8-10,16H2,1-3H3/t11-,12+. The van der Waals surface area contributed by atoms with Crippen molar-refractivity contribution in [3.63, 3.8) is 0 Å². The molecule has 6 heteroatoms. The van der Waals surface area contributed by atoms with Crippen molar-refractivity contribution in [1.82, 2.24) is 4.31 Å². The van der Waals surface area contributed by atoms with Crippen LogP contribution in [0.15, 0.2) is 23.1 Å². The lowest BCUT2D eigenvalue weighted by molar-refractivity contribution is -0.0441. The van der Waals surface area contributed by atoms with Crippen molar-refractivity contribution < 1.29 is 13.2 Å². The second-order valence-electron chi connectivity index (χ2n) is 5.58. The second-order valence-corrected chi connectivity index (χ2v) is 7.49. The highest BCUT2D eigenvalue weighted by molar-refractivity contribution is 7.89. The molecule has 1 saturated heterocycles. The van der Waals surface area contributed by atoms with Gasteiger partial charge in [0.1, 0.15) is 0 Å². The van der Waals surface area contributed by atoms with Gasteiger partial charge in [-0.1, -0.05) is 19.1 Å². The SMILES string of the molecule is CCc1ccc(CN)cc1S(=O)(=O)N1C[C@@H](C)O[C@@H](C)C1. The Morgan fingerprint density at radius 2 is 1.90 bits per heavy atom. The van der Waals surface area contributed by atoms with Crippen LogP contribution in [0.2, 0.25) is 0 Å². The molecule has 5 nitrogen and oxygen atoms in total. The molecule has 2 atom stereocenters. The Morgan fingerprint density at radius 3 is 2.43 bits per heavy atom. The molecule has 2 rings (SSSR count). The predicted molar refractivity (Wildman–Crippen MR) is 82.5 cm³/mol. The first kappa shape index (κ1) is 16.4. The molecule has 1 aromatic rings. The van der Waals surface area contributed by atoms with Crippen LogP contribution in [0.5, 0.6) is 0 Å². The number of morpholine rings is 1. The zero-order valence-electron chi connectivity index (χ0n) is 12.9. The van der Waals surface area contributed by atoms with E-state index >= 15 is 0 Å². The molecule has 0 aromatic heterocycles. The molecule has 0 unspecified atom stereocenters. The topological polar surface area (TPSA) is 72.6 Å². The second kappa shape index (κ2) is 6.44. The third kappa shape index (κ3) is 3.45. The van der Waals surface area contributed by atoms with Gasteiger partial charge in [-0.15, -0.1) is 0 Å². The summed E-state index contributed by atoms with van der Waals surface area (Å²) in [5.74, 6) is 0. The molecule has 0 bridgehead atoms. The van der Waals surface area contributed by atoms with Crippen molar-refractivity contribution in [3.8, 4) is 0 Å². The van der Waals surface area contributed by atoms with E-state index < -0.39 is 10.0 Å². The maximum atomic E-state index is 13.0. The van der Waals surface area contributed by atoms with Crippen molar-refractivity contribution in [1.29, 1.82) is 0 Å². The third-order valence-corrected chi connectivity index (χ3v) is 5.67. The number of hydrogen-bond acceptors (Lipinski definition) is 4. The zero-order valence-corrected chi connectivity index (χ0v) is 13.7. The Hall–Kier alpha value is -0.950. The first-order chi connectivity index (χ1) is 9.88. The van der Waals surface area contributed by atoms with Gasteiger partial charge in [-0.2, -0.15) is 4.31 Å². The van der Waals surface area contributed by atoms with E-state index in [9.17, 15) is 8.42 Å². The van der Waals surface area contributed by atoms with Crippen LogP contribution in [0, 0.1) is 0 Å². The number of rotatable bonds is 4. The smallest absolute Gasteiger partial charge is 0.243 e. The lowest BCUT2D eigenvalue weighted by Crippen LogP contribution is -2.48. The van der Waals surface area contributed by atoms with Gasteiger partial charge in [0.2, 0.25) is 10.0 Å². The molecule has 1 aromatic carbocycles. The highest BCUT2D eigenvalue weighted by atomic mass is 32.2. The van der Waals surface area contributed by atoms with Crippen LogP contribution >= 0.6 is 0 Å². The monoisotopic (exact) mass is 312 g/mol. The quantitative estimate of drug-likeness (QED) is 0.914. The summed E-state index contributed by atoms with van der Waals surface area (Å²) < 4.78 is 33.1. The maximum absolute atomic E-state index is 13.0. The molecule has 0 radical (unpaired) electrons. The van der Waals surface area contributed by atoms with Crippen molar-refractivity contribution in [3.05, 3.63) is 29.3 Å². The van der Waals surface area contributed by atoms with Crippen molar-refractivity contribution in [2.75, 3.05) is 13.1 Å². The normalized spacial score (nSPS) is 24.2. The number of aryl methyl sites for hydroxylation is 1. The predicted octanol–water partition coefficient (Wildman–Crippen LogP) is 1.51. The number of sulfonamides is 1. The average Bonchev–Trinajstić information content (AvgIpc) is 2.45. The first-order valence-corrected chi connectivity index (χ1v) is 8.80. The molecule has 118 valence electrons. The van der Waals surface area contributed by atoms with Gasteiger partial charge < -0.3 is 10.5 Å². The van der Waals surface area contributed by atoms with Crippen LogP contribution in [-0.2, 0) is 27.7 Å². The van der Waals surface area contributed by atoms with Gasteiger partial charge in [0.15, 0.2) is 0 Å². The summed E-state index contributed by atoms with van der Waals surface area (Å²) in [7, 11) is -3.51. The van der Waals surface area contributed by atoms with Crippen molar-refractivity contribution in [2.45, 2.75) is 50.8 Å². The fraction of sp³-hybridized carbons (Fsp3) is 0.600.